The van der Waals surface area contributed by atoms with Crippen molar-refractivity contribution < 1.29 is 20.1 Å². The summed E-state index contributed by atoms with van der Waals surface area (Å²) in [5.41, 5.74) is 11.3. The number of anilines is 2. The van der Waals surface area contributed by atoms with Crippen LogP contribution in [-0.4, -0.2) is 66.0 Å². The van der Waals surface area contributed by atoms with Crippen molar-refractivity contribution in [2.75, 3.05) is 17.8 Å². The van der Waals surface area contributed by atoms with E-state index in [0.29, 0.717) is 11.2 Å². The molecule has 1 aromatic carbocycles. The monoisotopic (exact) mass is 399 g/mol. The molecule has 1 fully saturated rings. The molecule has 11 heteroatoms. The summed E-state index contributed by atoms with van der Waals surface area (Å²) in [7, 11) is 0. The number of hydrogen-bond donors (Lipinski definition) is 5. The fraction of sp³-hybridized carbons (Fsp3) is 0.333. The second-order valence-corrected chi connectivity index (χ2v) is 6.77. The number of benzene rings is 1. The van der Waals surface area contributed by atoms with Crippen molar-refractivity contribution in [3.05, 3.63) is 41.7 Å². The number of rotatable bonds is 5. The van der Waals surface area contributed by atoms with Gasteiger partial charge in [0.2, 0.25) is 5.95 Å². The molecule has 152 valence electrons. The van der Waals surface area contributed by atoms with Crippen molar-refractivity contribution in [1.82, 2.24) is 19.5 Å². The van der Waals surface area contributed by atoms with E-state index in [1.165, 1.54) is 10.9 Å². The minimum absolute atomic E-state index is 0.119. The van der Waals surface area contributed by atoms with Gasteiger partial charge >= 0.3 is 0 Å². The molecule has 1 saturated heterocycles. The quantitative estimate of drug-likeness (QED) is 0.288. The van der Waals surface area contributed by atoms with E-state index >= 15 is 0 Å². The van der Waals surface area contributed by atoms with Gasteiger partial charge in [-0.1, -0.05) is 29.8 Å². The minimum Gasteiger partial charge on any atom is -0.394 e. The first-order valence-electron chi connectivity index (χ1n) is 8.96. The van der Waals surface area contributed by atoms with E-state index < -0.39 is 31.1 Å². The van der Waals surface area contributed by atoms with Crippen LogP contribution in [0.3, 0.4) is 0 Å². The van der Waals surface area contributed by atoms with Crippen LogP contribution < -0.4 is 11.2 Å². The minimum atomic E-state index is -1.27. The van der Waals surface area contributed by atoms with E-state index in [1.54, 1.807) is 6.21 Å². The first-order valence-corrected chi connectivity index (χ1v) is 8.96. The molecule has 1 unspecified atom stereocenters. The maximum Gasteiger partial charge on any atom is 0.247 e. The van der Waals surface area contributed by atoms with Gasteiger partial charge in [0.15, 0.2) is 17.7 Å². The Morgan fingerprint density at radius 3 is 2.69 bits per heavy atom. The average molecular weight is 399 g/mol. The van der Waals surface area contributed by atoms with Gasteiger partial charge in [-0.2, -0.15) is 15.1 Å². The zero-order chi connectivity index (χ0) is 20.5. The molecule has 0 spiro atoms. The Balaban J connectivity index is 1.61. The Bertz CT molecular complexity index is 1040. The number of aryl methyl sites for hydroxylation is 1. The fourth-order valence-electron chi connectivity index (χ4n) is 3.10. The van der Waals surface area contributed by atoms with E-state index in [9.17, 15) is 15.3 Å². The van der Waals surface area contributed by atoms with E-state index in [2.05, 4.69) is 25.5 Å². The van der Waals surface area contributed by atoms with Crippen molar-refractivity contribution in [3.63, 3.8) is 0 Å². The highest BCUT2D eigenvalue weighted by atomic mass is 16.6. The van der Waals surface area contributed by atoms with Crippen molar-refractivity contribution in [1.29, 1.82) is 0 Å². The second kappa shape index (κ2) is 7.72. The summed E-state index contributed by atoms with van der Waals surface area (Å²) < 4.78 is 6.97. The van der Waals surface area contributed by atoms with Crippen LogP contribution in [-0.2, 0) is 4.74 Å². The molecule has 4 atom stereocenters. The van der Waals surface area contributed by atoms with Crippen LogP contribution in [0.4, 0.5) is 11.8 Å². The number of aliphatic hydroxyl groups excluding tert-OH is 3. The van der Waals surface area contributed by atoms with E-state index in [4.69, 9.17) is 10.5 Å². The Morgan fingerprint density at radius 2 is 2.00 bits per heavy atom. The Hall–Kier alpha value is -3.12. The molecule has 0 amide bonds. The molecule has 29 heavy (non-hydrogen) atoms. The lowest BCUT2D eigenvalue weighted by molar-refractivity contribution is -0.0511. The third-order valence-electron chi connectivity index (χ3n) is 4.70. The third kappa shape index (κ3) is 3.63. The number of hydrogen-bond acceptors (Lipinski definition) is 10. The predicted molar refractivity (Wildman–Crippen MR) is 105 cm³/mol. The predicted octanol–water partition coefficient (Wildman–Crippen LogP) is -0.226. The number of nitrogens with zero attached hydrogens (tertiary/aromatic N) is 5. The third-order valence-corrected chi connectivity index (χ3v) is 4.70. The maximum absolute atomic E-state index is 10.3. The summed E-state index contributed by atoms with van der Waals surface area (Å²) in [6.45, 7) is 1.57. The number of nitrogens with one attached hydrogen (secondary N) is 1. The van der Waals surface area contributed by atoms with Crippen molar-refractivity contribution in [2.45, 2.75) is 31.5 Å². The molecule has 4 rings (SSSR count). The van der Waals surface area contributed by atoms with Crippen LogP contribution in [0.1, 0.15) is 17.4 Å². The summed E-state index contributed by atoms with van der Waals surface area (Å²) in [5.74, 6) is 0.250. The van der Waals surface area contributed by atoms with Crippen LogP contribution >= 0.6 is 0 Å². The molecular weight excluding hydrogens is 378 g/mol. The first-order chi connectivity index (χ1) is 14.0. The number of aliphatic hydroxyl groups is 3. The highest BCUT2D eigenvalue weighted by Gasteiger charge is 2.44. The number of nitrogen functional groups attached to an aromatic ring is 1. The highest BCUT2D eigenvalue weighted by Crippen LogP contribution is 2.32. The molecule has 3 heterocycles. The van der Waals surface area contributed by atoms with Crippen LogP contribution in [0.5, 0.6) is 0 Å². The highest BCUT2D eigenvalue weighted by molar-refractivity contribution is 5.83. The molecule has 2 aromatic heterocycles. The van der Waals surface area contributed by atoms with Gasteiger partial charge in [0.1, 0.15) is 23.8 Å². The Kier molecular flexibility index (Phi) is 5.11. The molecule has 0 saturated carbocycles. The number of fused-ring (bicyclic) bond motifs is 1. The Labute approximate surface area is 165 Å². The Morgan fingerprint density at radius 1 is 1.24 bits per heavy atom. The van der Waals surface area contributed by atoms with Crippen molar-refractivity contribution in [3.8, 4) is 0 Å². The lowest BCUT2D eigenvalue weighted by atomic mass is 10.1. The zero-order valence-electron chi connectivity index (χ0n) is 15.5. The van der Waals surface area contributed by atoms with Gasteiger partial charge in [0.05, 0.1) is 19.1 Å². The van der Waals surface area contributed by atoms with Gasteiger partial charge < -0.3 is 25.8 Å². The largest absolute Gasteiger partial charge is 0.394 e. The molecule has 6 N–H and O–H groups in total. The molecule has 3 aromatic rings. The molecule has 11 nitrogen and oxygen atoms in total. The molecular formula is C18H21N7O4. The smallest absolute Gasteiger partial charge is 0.247 e. The van der Waals surface area contributed by atoms with Crippen LogP contribution in [0.2, 0.25) is 0 Å². The maximum atomic E-state index is 10.3. The van der Waals surface area contributed by atoms with Gasteiger partial charge in [-0.05, 0) is 12.5 Å². The molecule has 0 bridgehead atoms. The van der Waals surface area contributed by atoms with Gasteiger partial charge in [-0.3, -0.25) is 4.57 Å². The lowest BCUT2D eigenvalue weighted by Crippen LogP contribution is -2.33. The van der Waals surface area contributed by atoms with Gasteiger partial charge in [0, 0.05) is 0 Å². The van der Waals surface area contributed by atoms with Crippen LogP contribution in [0, 0.1) is 6.92 Å². The number of ether oxygens (including phenoxy) is 1. The molecule has 0 radical (unpaired) electrons. The summed E-state index contributed by atoms with van der Waals surface area (Å²) in [4.78, 5) is 12.6. The first kappa shape index (κ1) is 19.2. The standard InChI is InChI=1S/C18H21N7O4/c1-9-2-4-10(5-3-9)6-21-24-18-22-15(19)12-16(23-18)25(8-20-12)17-14(28)13(27)11(7-26)29-17/h2-6,8,11,13-14,17,26-28H,7H2,1H3,(H3,19,22,23,24)/b21-6+/t11-,13-,14-,17?/m1/s1. The number of hydrazone groups is 1. The van der Waals surface area contributed by atoms with Crippen molar-refractivity contribution >= 4 is 29.1 Å². The average Bonchev–Trinajstić information content (AvgIpc) is 3.25. The van der Waals surface area contributed by atoms with E-state index in [1.807, 2.05) is 31.2 Å². The summed E-state index contributed by atoms with van der Waals surface area (Å²) >= 11 is 0. The van der Waals surface area contributed by atoms with Crippen LogP contribution in [0.25, 0.3) is 11.2 Å². The number of nitrogens with two attached hydrogens (primary N) is 1. The van der Waals surface area contributed by atoms with Gasteiger partial charge in [-0.15, -0.1) is 0 Å². The number of imidazole rings is 1. The summed E-state index contributed by atoms with van der Waals surface area (Å²) in [6, 6.07) is 7.80. The summed E-state index contributed by atoms with van der Waals surface area (Å²) in [5, 5.41) is 33.7. The van der Waals surface area contributed by atoms with E-state index in [0.717, 1.165) is 11.1 Å². The fourth-order valence-corrected chi connectivity index (χ4v) is 3.10. The van der Waals surface area contributed by atoms with Gasteiger partial charge in [0.25, 0.3) is 0 Å². The second-order valence-electron chi connectivity index (χ2n) is 6.77. The summed E-state index contributed by atoms with van der Waals surface area (Å²) in [6.07, 6.45) is -1.40. The lowest BCUT2D eigenvalue weighted by Gasteiger charge is -2.16. The van der Waals surface area contributed by atoms with E-state index in [-0.39, 0.29) is 11.8 Å². The molecule has 0 aliphatic carbocycles. The normalized spacial score (nSPS) is 24.6. The molecule has 1 aliphatic rings. The zero-order valence-corrected chi connectivity index (χ0v) is 15.5. The molecule has 1 aliphatic heterocycles. The SMILES string of the molecule is Cc1ccc(/C=N/Nc2nc(N)c3ncn(C4O[C@H](CO)[C@@H](O)[C@H]4O)c3n2)cc1. The topological polar surface area (TPSA) is 164 Å². The number of aromatic nitrogens is 4. The van der Waals surface area contributed by atoms with Gasteiger partial charge in [-0.25, -0.2) is 10.4 Å². The van der Waals surface area contributed by atoms with Crippen molar-refractivity contribution in [2.24, 2.45) is 5.10 Å². The van der Waals surface area contributed by atoms with Crippen LogP contribution in [0.15, 0.2) is 35.7 Å².